The summed E-state index contributed by atoms with van der Waals surface area (Å²) in [5, 5.41) is 0.626. The first kappa shape index (κ1) is 9.19. The molecule has 2 rings (SSSR count). The van der Waals surface area contributed by atoms with Gasteiger partial charge in [0, 0.05) is 4.90 Å². The number of hydrogen-bond acceptors (Lipinski definition) is 2. The predicted octanol–water partition coefficient (Wildman–Crippen LogP) is 3.54. The molecule has 0 aliphatic carbocycles. The molecule has 2 aromatic rings. The molecule has 2 heterocycles. The average molecular weight is 233 g/mol. The van der Waals surface area contributed by atoms with Gasteiger partial charge in [-0.25, -0.2) is 4.98 Å². The van der Waals surface area contributed by atoms with Gasteiger partial charge in [0.05, 0.1) is 11.2 Å². The number of imidazole rings is 1. The van der Waals surface area contributed by atoms with Crippen LogP contribution in [-0.2, 0) is 0 Å². The fourth-order valence-corrected chi connectivity index (χ4v) is 2.10. The molecule has 0 fully saturated rings. The Bertz CT molecular complexity index is 453. The zero-order chi connectivity index (χ0) is 9.42. The minimum absolute atomic E-state index is 0.626. The summed E-state index contributed by atoms with van der Waals surface area (Å²) in [5.74, 6) is 0. The fraction of sp³-hybridized carbons (Fsp3) is 0.125. The van der Waals surface area contributed by atoms with E-state index in [2.05, 4.69) is 4.98 Å². The van der Waals surface area contributed by atoms with Crippen molar-refractivity contribution in [1.82, 2.24) is 9.38 Å². The summed E-state index contributed by atoms with van der Waals surface area (Å²) in [6, 6.07) is 3.78. The zero-order valence-electron chi connectivity index (χ0n) is 6.79. The van der Waals surface area contributed by atoms with Crippen LogP contribution in [0.5, 0.6) is 0 Å². The third-order valence-electron chi connectivity index (χ3n) is 1.86. The molecule has 68 valence electrons. The van der Waals surface area contributed by atoms with E-state index in [0.29, 0.717) is 5.15 Å². The summed E-state index contributed by atoms with van der Waals surface area (Å²) < 4.78 is 1.83. The second-order valence-electron chi connectivity index (χ2n) is 2.68. The molecule has 0 spiro atoms. The summed E-state index contributed by atoms with van der Waals surface area (Å²) in [6.07, 6.45) is 1.70. The number of aromatic nitrogens is 2. The van der Waals surface area contributed by atoms with E-state index in [1.54, 1.807) is 6.33 Å². The minimum Gasteiger partial charge on any atom is -0.289 e. The third kappa shape index (κ3) is 1.52. The number of halogens is 2. The van der Waals surface area contributed by atoms with Gasteiger partial charge in [0.2, 0.25) is 0 Å². The molecule has 0 N–H and O–H groups in total. The molecule has 0 aliphatic rings. The Balaban J connectivity index is 2.80. The lowest BCUT2D eigenvalue weighted by atomic mass is 10.3. The van der Waals surface area contributed by atoms with Gasteiger partial charge >= 0.3 is 0 Å². The normalized spacial score (nSPS) is 11.0. The summed E-state index contributed by atoms with van der Waals surface area (Å²) in [4.78, 5) is 5.09. The quantitative estimate of drug-likeness (QED) is 0.701. The maximum atomic E-state index is 6.01. The largest absolute Gasteiger partial charge is 0.289 e. The van der Waals surface area contributed by atoms with Crippen LogP contribution in [0, 0.1) is 6.92 Å². The molecule has 2 nitrogen and oxygen atoms in total. The van der Waals surface area contributed by atoms with Crippen LogP contribution in [0.25, 0.3) is 5.52 Å². The van der Waals surface area contributed by atoms with Gasteiger partial charge in [0.1, 0.15) is 11.5 Å². The Hall–Kier alpha value is -0.380. The maximum Gasteiger partial charge on any atom is 0.115 e. The molecule has 2 aromatic heterocycles. The molecule has 0 bridgehead atoms. The van der Waals surface area contributed by atoms with Gasteiger partial charge in [-0.2, -0.15) is 0 Å². The molecule has 0 amide bonds. The number of nitrogens with zero attached hydrogens (tertiary/aromatic N) is 2. The van der Waals surface area contributed by atoms with Crippen molar-refractivity contribution < 1.29 is 0 Å². The molecule has 0 unspecified atom stereocenters. The lowest BCUT2D eigenvalue weighted by Gasteiger charge is -2.00. The van der Waals surface area contributed by atoms with Crippen molar-refractivity contribution >= 4 is 38.8 Å². The van der Waals surface area contributed by atoms with Crippen molar-refractivity contribution in [2.75, 3.05) is 0 Å². The molecule has 13 heavy (non-hydrogen) atoms. The van der Waals surface area contributed by atoms with E-state index in [9.17, 15) is 0 Å². The van der Waals surface area contributed by atoms with E-state index in [4.69, 9.17) is 22.3 Å². The van der Waals surface area contributed by atoms with Gasteiger partial charge < -0.3 is 0 Å². The van der Waals surface area contributed by atoms with Crippen molar-refractivity contribution in [2.45, 2.75) is 11.8 Å². The summed E-state index contributed by atoms with van der Waals surface area (Å²) in [5.41, 5.74) is 1.95. The fourth-order valence-electron chi connectivity index (χ4n) is 1.20. The highest BCUT2D eigenvalue weighted by atomic mass is 35.7. The van der Waals surface area contributed by atoms with Crippen molar-refractivity contribution in [3.8, 4) is 0 Å². The van der Waals surface area contributed by atoms with Crippen LogP contribution < -0.4 is 0 Å². The SMILES string of the molecule is Cc1ncn2c(Cl)cc(SCl)cc12. The van der Waals surface area contributed by atoms with Crippen molar-refractivity contribution in [3.05, 3.63) is 29.3 Å². The highest BCUT2D eigenvalue weighted by Gasteiger charge is 2.05. The van der Waals surface area contributed by atoms with E-state index in [1.165, 1.54) is 0 Å². The van der Waals surface area contributed by atoms with E-state index >= 15 is 0 Å². The topological polar surface area (TPSA) is 17.3 Å². The molecule has 0 saturated carbocycles. The van der Waals surface area contributed by atoms with Crippen LogP contribution in [0.4, 0.5) is 0 Å². The smallest absolute Gasteiger partial charge is 0.115 e. The lowest BCUT2D eigenvalue weighted by Crippen LogP contribution is -1.85. The Morgan fingerprint density at radius 3 is 2.92 bits per heavy atom. The molecule has 0 aliphatic heterocycles. The second-order valence-corrected chi connectivity index (χ2v) is 4.15. The summed E-state index contributed by atoms with van der Waals surface area (Å²) >= 11 is 6.01. The summed E-state index contributed by atoms with van der Waals surface area (Å²) in [7, 11) is 6.80. The molecular weight excluding hydrogens is 227 g/mol. The van der Waals surface area contributed by atoms with Gasteiger partial charge in [0.15, 0.2) is 0 Å². The van der Waals surface area contributed by atoms with Crippen LogP contribution in [-0.4, -0.2) is 9.38 Å². The first-order chi connectivity index (χ1) is 6.22. The zero-order valence-corrected chi connectivity index (χ0v) is 9.12. The predicted molar refractivity (Wildman–Crippen MR) is 56.6 cm³/mol. The Morgan fingerprint density at radius 2 is 2.23 bits per heavy atom. The van der Waals surface area contributed by atoms with Gasteiger partial charge in [-0.1, -0.05) is 11.6 Å². The number of fused-ring (bicyclic) bond motifs is 1. The van der Waals surface area contributed by atoms with Crippen molar-refractivity contribution in [2.24, 2.45) is 0 Å². The van der Waals surface area contributed by atoms with E-state index in [1.807, 2.05) is 23.5 Å². The van der Waals surface area contributed by atoms with Crippen LogP contribution in [0.1, 0.15) is 5.69 Å². The number of aryl methyl sites for hydroxylation is 1. The first-order valence-corrected chi connectivity index (χ1v) is 5.66. The van der Waals surface area contributed by atoms with Gasteiger partial charge in [-0.15, -0.1) is 0 Å². The van der Waals surface area contributed by atoms with Crippen LogP contribution in [0.15, 0.2) is 23.4 Å². The molecule has 5 heteroatoms. The van der Waals surface area contributed by atoms with Crippen molar-refractivity contribution in [3.63, 3.8) is 0 Å². The standard InChI is InChI=1S/C8H6Cl2N2S/c1-5-7-2-6(13-10)3-8(9)12(7)4-11-5/h2-4H,1H3. The van der Waals surface area contributed by atoms with Gasteiger partial charge in [-0.3, -0.25) is 4.40 Å². The lowest BCUT2D eigenvalue weighted by molar-refractivity contribution is 1.13. The van der Waals surface area contributed by atoms with Gasteiger partial charge in [-0.05, 0) is 40.7 Å². The second kappa shape index (κ2) is 3.40. The Labute approximate surface area is 89.4 Å². The number of pyridine rings is 1. The average Bonchev–Trinajstić information content (AvgIpc) is 2.48. The Kier molecular flexibility index (Phi) is 2.41. The first-order valence-electron chi connectivity index (χ1n) is 3.64. The van der Waals surface area contributed by atoms with Crippen molar-refractivity contribution in [1.29, 1.82) is 0 Å². The molecule has 0 radical (unpaired) electrons. The highest BCUT2D eigenvalue weighted by Crippen LogP contribution is 2.27. The molecular formula is C8H6Cl2N2S. The van der Waals surface area contributed by atoms with Gasteiger partial charge in [0.25, 0.3) is 0 Å². The van der Waals surface area contributed by atoms with Crippen LogP contribution >= 0.6 is 33.3 Å². The minimum atomic E-state index is 0.626. The van der Waals surface area contributed by atoms with E-state index in [0.717, 1.165) is 27.1 Å². The Morgan fingerprint density at radius 1 is 1.46 bits per heavy atom. The van der Waals surface area contributed by atoms with Crippen LogP contribution in [0.3, 0.4) is 0 Å². The monoisotopic (exact) mass is 232 g/mol. The van der Waals surface area contributed by atoms with E-state index in [-0.39, 0.29) is 0 Å². The summed E-state index contributed by atoms with van der Waals surface area (Å²) in [6.45, 7) is 1.94. The number of hydrogen-bond donors (Lipinski definition) is 0. The highest BCUT2D eigenvalue weighted by molar-refractivity contribution is 8.21. The maximum absolute atomic E-state index is 6.01. The molecule has 0 saturated heterocycles. The number of rotatable bonds is 1. The third-order valence-corrected chi connectivity index (χ3v) is 3.10. The van der Waals surface area contributed by atoms with Crippen LogP contribution in [0.2, 0.25) is 5.15 Å². The molecule has 0 aromatic carbocycles. The molecule has 0 atom stereocenters. The van der Waals surface area contributed by atoms with E-state index < -0.39 is 0 Å².